The Morgan fingerprint density at radius 1 is 1.03 bits per heavy atom. The van der Waals surface area contributed by atoms with Crippen LogP contribution in [0.1, 0.15) is 49.1 Å². The molecule has 3 aliphatic rings. The second kappa shape index (κ2) is 9.70. The van der Waals surface area contributed by atoms with E-state index in [9.17, 15) is 14.4 Å². The molecule has 2 aromatic carbocycles. The lowest BCUT2D eigenvalue weighted by Gasteiger charge is -2.32. The number of amides is 2. The Labute approximate surface area is 204 Å². The molecule has 35 heavy (non-hydrogen) atoms. The van der Waals surface area contributed by atoms with Gasteiger partial charge in [0.15, 0.2) is 0 Å². The molecule has 8 nitrogen and oxygen atoms in total. The van der Waals surface area contributed by atoms with Crippen LogP contribution in [-0.2, 0) is 19.1 Å². The summed E-state index contributed by atoms with van der Waals surface area (Å²) in [6.07, 6.45) is 1.52. The van der Waals surface area contributed by atoms with E-state index in [1.165, 1.54) is 11.1 Å². The van der Waals surface area contributed by atoms with Crippen molar-refractivity contribution in [1.29, 1.82) is 0 Å². The Balaban J connectivity index is 1.17. The topological polar surface area (TPSA) is 114 Å². The third-order valence-electron chi connectivity index (χ3n) is 7.32. The highest BCUT2D eigenvalue weighted by molar-refractivity contribution is 5.80. The lowest BCUT2D eigenvalue weighted by Crippen LogP contribution is -2.48. The smallest absolute Gasteiger partial charge is 0.407 e. The fraction of sp³-hybridized carbons (Fsp3) is 0.444. The van der Waals surface area contributed by atoms with Crippen LogP contribution in [0.15, 0.2) is 48.5 Å². The van der Waals surface area contributed by atoms with E-state index < -0.39 is 17.6 Å². The predicted octanol–water partition coefficient (Wildman–Crippen LogP) is 3.44. The van der Waals surface area contributed by atoms with E-state index in [0.29, 0.717) is 32.5 Å². The fourth-order valence-corrected chi connectivity index (χ4v) is 5.35. The van der Waals surface area contributed by atoms with Gasteiger partial charge in [0.2, 0.25) is 5.91 Å². The van der Waals surface area contributed by atoms with Crippen molar-refractivity contribution < 1.29 is 29.0 Å². The SMILES string of the molecule is O=C(O)CC1(NC(=O)CC2COCCC2NC(=O)OCC2c3ccccc3-c3ccccc32)CC1. The molecule has 2 fully saturated rings. The number of rotatable bonds is 8. The maximum Gasteiger partial charge on any atom is 0.407 e. The largest absolute Gasteiger partial charge is 0.481 e. The molecule has 1 aliphatic heterocycles. The summed E-state index contributed by atoms with van der Waals surface area (Å²) in [7, 11) is 0. The zero-order valence-corrected chi connectivity index (χ0v) is 19.5. The van der Waals surface area contributed by atoms with E-state index in [4.69, 9.17) is 14.6 Å². The van der Waals surface area contributed by atoms with Crippen molar-refractivity contribution in [1.82, 2.24) is 10.6 Å². The van der Waals surface area contributed by atoms with Gasteiger partial charge in [-0.05, 0) is 41.5 Å². The number of carbonyl (C=O) groups excluding carboxylic acids is 2. The van der Waals surface area contributed by atoms with E-state index >= 15 is 0 Å². The van der Waals surface area contributed by atoms with Crippen LogP contribution in [0.25, 0.3) is 11.1 Å². The zero-order chi connectivity index (χ0) is 24.4. The van der Waals surface area contributed by atoms with E-state index in [-0.39, 0.29) is 43.2 Å². The summed E-state index contributed by atoms with van der Waals surface area (Å²) >= 11 is 0. The first-order valence-electron chi connectivity index (χ1n) is 12.2. The van der Waals surface area contributed by atoms with E-state index in [2.05, 4.69) is 34.9 Å². The molecule has 0 spiro atoms. The minimum atomic E-state index is -0.918. The lowest BCUT2D eigenvalue weighted by molar-refractivity contribution is -0.138. The number of hydrogen-bond acceptors (Lipinski definition) is 5. The summed E-state index contributed by atoms with van der Waals surface area (Å²) < 4.78 is 11.2. The third-order valence-corrected chi connectivity index (χ3v) is 7.32. The Morgan fingerprint density at radius 2 is 1.69 bits per heavy atom. The molecule has 2 aliphatic carbocycles. The number of carboxylic acid groups (broad SMARTS) is 1. The molecule has 1 heterocycles. The first-order chi connectivity index (χ1) is 16.9. The van der Waals surface area contributed by atoms with Gasteiger partial charge in [-0.1, -0.05) is 48.5 Å². The summed E-state index contributed by atoms with van der Waals surface area (Å²) in [5.74, 6) is -1.35. The molecule has 2 aromatic rings. The van der Waals surface area contributed by atoms with Gasteiger partial charge in [-0.2, -0.15) is 0 Å². The van der Waals surface area contributed by atoms with Gasteiger partial charge >= 0.3 is 12.1 Å². The second-order valence-electron chi connectivity index (χ2n) is 9.80. The number of aliphatic carboxylic acids is 1. The number of nitrogens with one attached hydrogen (secondary N) is 2. The normalized spacial score (nSPS) is 21.9. The number of ether oxygens (including phenoxy) is 2. The molecule has 1 saturated carbocycles. The highest BCUT2D eigenvalue weighted by Gasteiger charge is 2.46. The number of alkyl carbamates (subject to hydrolysis) is 1. The molecule has 8 heteroatoms. The minimum Gasteiger partial charge on any atom is -0.481 e. The Bertz CT molecular complexity index is 1080. The van der Waals surface area contributed by atoms with E-state index in [1.54, 1.807) is 0 Å². The van der Waals surface area contributed by atoms with Gasteiger partial charge in [0.05, 0.1) is 18.6 Å². The second-order valence-corrected chi connectivity index (χ2v) is 9.80. The van der Waals surface area contributed by atoms with Crippen LogP contribution < -0.4 is 10.6 Å². The first-order valence-corrected chi connectivity index (χ1v) is 12.2. The van der Waals surface area contributed by atoms with Gasteiger partial charge in [0.25, 0.3) is 0 Å². The highest BCUT2D eigenvalue weighted by atomic mass is 16.5. The third kappa shape index (κ3) is 5.17. The van der Waals surface area contributed by atoms with Crippen molar-refractivity contribution in [2.75, 3.05) is 19.8 Å². The standard InChI is InChI=1S/C27H30N2O6/c30-24(29-27(10-11-27)14-25(31)32)13-17-15-34-12-9-23(17)28-26(33)35-16-22-20-7-3-1-5-18(20)19-6-2-4-8-21(19)22/h1-8,17,22-23H,9-16H2,(H,28,33)(H,29,30)(H,31,32). The molecular formula is C27H30N2O6. The maximum atomic E-state index is 12.7. The fourth-order valence-electron chi connectivity index (χ4n) is 5.35. The number of carboxylic acids is 1. The van der Waals surface area contributed by atoms with Crippen LogP contribution in [0, 0.1) is 5.92 Å². The van der Waals surface area contributed by atoms with Crippen LogP contribution in [0.2, 0.25) is 0 Å². The lowest BCUT2D eigenvalue weighted by atomic mass is 9.92. The van der Waals surface area contributed by atoms with Crippen LogP contribution >= 0.6 is 0 Å². The van der Waals surface area contributed by atoms with Crippen LogP contribution in [0.4, 0.5) is 4.79 Å². The molecule has 0 bridgehead atoms. The van der Waals surface area contributed by atoms with Gasteiger partial charge in [0, 0.05) is 30.9 Å². The number of benzene rings is 2. The van der Waals surface area contributed by atoms with Gasteiger partial charge in [0.1, 0.15) is 6.61 Å². The van der Waals surface area contributed by atoms with Gasteiger partial charge < -0.3 is 25.2 Å². The molecule has 1 saturated heterocycles. The molecule has 2 atom stereocenters. The van der Waals surface area contributed by atoms with Crippen LogP contribution in [-0.4, -0.2) is 54.5 Å². The Morgan fingerprint density at radius 3 is 2.31 bits per heavy atom. The quantitative estimate of drug-likeness (QED) is 0.536. The number of hydrogen-bond donors (Lipinski definition) is 3. The summed E-state index contributed by atoms with van der Waals surface area (Å²) in [5, 5.41) is 14.9. The van der Waals surface area contributed by atoms with Crippen molar-refractivity contribution in [3.8, 4) is 11.1 Å². The molecule has 0 radical (unpaired) electrons. The van der Waals surface area contributed by atoms with E-state index in [1.807, 2.05) is 24.3 Å². The highest BCUT2D eigenvalue weighted by Crippen LogP contribution is 2.44. The summed E-state index contributed by atoms with van der Waals surface area (Å²) in [5.41, 5.74) is 4.02. The van der Waals surface area contributed by atoms with Gasteiger partial charge in [-0.25, -0.2) is 4.79 Å². The van der Waals surface area contributed by atoms with Crippen molar-refractivity contribution >= 4 is 18.0 Å². The Hall–Kier alpha value is -3.39. The summed E-state index contributed by atoms with van der Waals surface area (Å²) in [6.45, 7) is 1.08. The van der Waals surface area contributed by atoms with Crippen molar-refractivity contribution in [2.45, 2.75) is 49.6 Å². The average Bonchev–Trinajstić information content (AvgIpc) is 3.50. The van der Waals surface area contributed by atoms with Gasteiger partial charge in [-0.15, -0.1) is 0 Å². The molecular weight excluding hydrogens is 448 g/mol. The first kappa shape index (κ1) is 23.4. The minimum absolute atomic E-state index is 0.0200. The van der Waals surface area contributed by atoms with Crippen LogP contribution in [0.5, 0.6) is 0 Å². The van der Waals surface area contributed by atoms with Crippen LogP contribution in [0.3, 0.4) is 0 Å². The van der Waals surface area contributed by atoms with Crippen molar-refractivity contribution in [3.05, 3.63) is 59.7 Å². The summed E-state index contributed by atoms with van der Waals surface area (Å²) in [4.78, 5) is 36.4. The zero-order valence-electron chi connectivity index (χ0n) is 19.5. The van der Waals surface area contributed by atoms with E-state index in [0.717, 1.165) is 11.1 Å². The molecule has 0 aromatic heterocycles. The number of carbonyl (C=O) groups is 3. The van der Waals surface area contributed by atoms with Crippen molar-refractivity contribution in [3.63, 3.8) is 0 Å². The molecule has 5 rings (SSSR count). The monoisotopic (exact) mass is 478 g/mol. The van der Waals surface area contributed by atoms with Crippen molar-refractivity contribution in [2.24, 2.45) is 5.92 Å². The van der Waals surface area contributed by atoms with Gasteiger partial charge in [-0.3, -0.25) is 9.59 Å². The maximum absolute atomic E-state index is 12.7. The Kier molecular flexibility index (Phi) is 6.47. The predicted molar refractivity (Wildman–Crippen MR) is 128 cm³/mol. The average molecular weight is 479 g/mol. The molecule has 2 unspecified atom stereocenters. The number of fused-ring (bicyclic) bond motifs is 3. The molecule has 2 amide bonds. The summed E-state index contributed by atoms with van der Waals surface area (Å²) in [6, 6.07) is 16.1. The molecule has 3 N–H and O–H groups in total. The molecule has 184 valence electrons.